The number of hydrogen-bond donors (Lipinski definition) is 1. The molecule has 2 N–H and O–H groups in total. The van der Waals surface area contributed by atoms with Crippen LogP contribution in [0.3, 0.4) is 0 Å². The van der Waals surface area contributed by atoms with Crippen molar-refractivity contribution in [3.63, 3.8) is 0 Å². The minimum Gasteiger partial charge on any atom is -0.495 e. The van der Waals surface area contributed by atoms with Crippen LogP contribution in [-0.4, -0.2) is 7.11 Å². The Bertz CT molecular complexity index is 265. The van der Waals surface area contributed by atoms with Gasteiger partial charge in [0.15, 0.2) is 0 Å². The first-order chi connectivity index (χ1) is 5.77. The minimum atomic E-state index is 0.355. The molecule has 1 aromatic carbocycles. The predicted molar refractivity (Wildman–Crippen MR) is 47.0 cm³/mol. The molecule has 0 saturated carbocycles. The lowest BCUT2D eigenvalue weighted by Crippen LogP contribution is -1.99. The van der Waals surface area contributed by atoms with E-state index in [1.165, 1.54) is 0 Å². The SMILES string of the molecule is COc1cc(CON)ccc1Cl. The highest BCUT2D eigenvalue weighted by molar-refractivity contribution is 6.32. The zero-order valence-corrected chi connectivity index (χ0v) is 7.47. The molecule has 3 nitrogen and oxygen atoms in total. The largest absolute Gasteiger partial charge is 0.495 e. The first-order valence-corrected chi connectivity index (χ1v) is 3.80. The highest BCUT2D eigenvalue weighted by Crippen LogP contribution is 2.24. The van der Waals surface area contributed by atoms with Gasteiger partial charge in [0.2, 0.25) is 0 Å². The molecule has 0 saturated heterocycles. The maximum atomic E-state index is 5.80. The summed E-state index contributed by atoms with van der Waals surface area (Å²) in [5.74, 6) is 5.55. The topological polar surface area (TPSA) is 44.5 Å². The molecule has 1 aromatic rings. The summed E-state index contributed by atoms with van der Waals surface area (Å²) in [5, 5.41) is 0.582. The first-order valence-electron chi connectivity index (χ1n) is 3.42. The van der Waals surface area contributed by atoms with Crippen molar-refractivity contribution in [3.05, 3.63) is 28.8 Å². The molecule has 0 amide bonds. The number of methoxy groups -OCH3 is 1. The van der Waals surface area contributed by atoms with Crippen molar-refractivity contribution >= 4 is 11.6 Å². The Morgan fingerprint density at radius 1 is 1.50 bits per heavy atom. The molecule has 0 atom stereocenters. The lowest BCUT2D eigenvalue weighted by Gasteiger charge is -2.04. The Balaban J connectivity index is 2.89. The molecule has 1 rings (SSSR count). The third-order valence-electron chi connectivity index (χ3n) is 1.47. The van der Waals surface area contributed by atoms with Crippen molar-refractivity contribution in [2.45, 2.75) is 6.61 Å². The Kier molecular flexibility index (Phi) is 3.34. The summed E-state index contributed by atoms with van der Waals surface area (Å²) in [6.45, 7) is 0.355. The van der Waals surface area contributed by atoms with E-state index >= 15 is 0 Å². The third-order valence-corrected chi connectivity index (χ3v) is 1.78. The normalized spacial score (nSPS) is 9.92. The molecule has 0 radical (unpaired) electrons. The van der Waals surface area contributed by atoms with Gasteiger partial charge < -0.3 is 4.74 Å². The molecule has 0 unspecified atom stereocenters. The van der Waals surface area contributed by atoms with E-state index in [9.17, 15) is 0 Å². The Morgan fingerprint density at radius 2 is 2.25 bits per heavy atom. The van der Waals surface area contributed by atoms with Crippen molar-refractivity contribution in [1.82, 2.24) is 0 Å². The van der Waals surface area contributed by atoms with Crippen LogP contribution in [0.4, 0.5) is 0 Å². The molecule has 0 fully saturated rings. The van der Waals surface area contributed by atoms with E-state index in [2.05, 4.69) is 4.84 Å². The van der Waals surface area contributed by atoms with E-state index in [0.29, 0.717) is 17.4 Å². The summed E-state index contributed by atoms with van der Waals surface area (Å²) < 4.78 is 5.00. The molecule has 4 heteroatoms. The van der Waals surface area contributed by atoms with Crippen LogP contribution in [0.1, 0.15) is 5.56 Å². The Labute approximate surface area is 76.0 Å². The fourth-order valence-electron chi connectivity index (χ4n) is 0.890. The van der Waals surface area contributed by atoms with E-state index in [1.54, 1.807) is 19.2 Å². The second-order valence-electron chi connectivity index (χ2n) is 2.28. The third kappa shape index (κ3) is 2.11. The van der Waals surface area contributed by atoms with E-state index in [4.69, 9.17) is 22.2 Å². The number of nitrogens with two attached hydrogens (primary N) is 1. The Morgan fingerprint density at radius 3 is 2.83 bits per heavy atom. The summed E-state index contributed by atoms with van der Waals surface area (Å²) in [4.78, 5) is 4.47. The van der Waals surface area contributed by atoms with Crippen LogP contribution in [0.15, 0.2) is 18.2 Å². The van der Waals surface area contributed by atoms with Crippen molar-refractivity contribution in [2.75, 3.05) is 7.11 Å². The molecule has 12 heavy (non-hydrogen) atoms. The van der Waals surface area contributed by atoms with Crippen molar-refractivity contribution < 1.29 is 9.57 Å². The number of hydrogen-bond acceptors (Lipinski definition) is 3. The molecular formula is C8H10ClNO2. The van der Waals surface area contributed by atoms with Crippen LogP contribution in [-0.2, 0) is 11.4 Å². The molecule has 0 heterocycles. The standard InChI is InChI=1S/C8H10ClNO2/c1-11-8-4-6(5-12-10)2-3-7(8)9/h2-4H,5,10H2,1H3. The van der Waals surface area contributed by atoms with Gasteiger partial charge in [0.05, 0.1) is 18.7 Å². The minimum absolute atomic E-state index is 0.355. The monoisotopic (exact) mass is 187 g/mol. The summed E-state index contributed by atoms with van der Waals surface area (Å²) in [6.07, 6.45) is 0. The molecule has 66 valence electrons. The van der Waals surface area contributed by atoms with Gasteiger partial charge in [-0.25, -0.2) is 5.90 Å². The molecule has 0 aliphatic rings. The predicted octanol–water partition coefficient (Wildman–Crippen LogP) is 1.74. The van der Waals surface area contributed by atoms with Crippen molar-refractivity contribution in [3.8, 4) is 5.75 Å². The summed E-state index contributed by atoms with van der Waals surface area (Å²) >= 11 is 5.80. The molecule has 0 aliphatic carbocycles. The zero-order chi connectivity index (χ0) is 8.97. The summed E-state index contributed by atoms with van der Waals surface area (Å²) in [7, 11) is 1.56. The first kappa shape index (κ1) is 9.32. The van der Waals surface area contributed by atoms with Gasteiger partial charge in [0.1, 0.15) is 5.75 Å². The van der Waals surface area contributed by atoms with Crippen LogP contribution >= 0.6 is 11.6 Å². The summed E-state index contributed by atoms with van der Waals surface area (Å²) in [5.41, 5.74) is 0.929. The average molecular weight is 188 g/mol. The summed E-state index contributed by atoms with van der Waals surface area (Å²) in [6, 6.07) is 5.36. The number of rotatable bonds is 3. The molecular weight excluding hydrogens is 178 g/mol. The van der Waals surface area contributed by atoms with Gasteiger partial charge >= 0.3 is 0 Å². The van der Waals surface area contributed by atoms with Crippen LogP contribution in [0.2, 0.25) is 5.02 Å². The van der Waals surface area contributed by atoms with E-state index in [-0.39, 0.29) is 0 Å². The van der Waals surface area contributed by atoms with Gasteiger partial charge in [0.25, 0.3) is 0 Å². The van der Waals surface area contributed by atoms with Gasteiger partial charge in [-0.3, -0.25) is 4.84 Å². The fourth-order valence-corrected chi connectivity index (χ4v) is 1.08. The highest BCUT2D eigenvalue weighted by Gasteiger charge is 2.00. The number of ether oxygens (including phenoxy) is 1. The van der Waals surface area contributed by atoms with Crippen molar-refractivity contribution in [2.24, 2.45) is 5.90 Å². The Hall–Kier alpha value is -0.770. The van der Waals surface area contributed by atoms with Gasteiger partial charge in [-0.1, -0.05) is 17.7 Å². The quantitative estimate of drug-likeness (QED) is 0.734. The highest BCUT2D eigenvalue weighted by atomic mass is 35.5. The fraction of sp³-hybridized carbons (Fsp3) is 0.250. The van der Waals surface area contributed by atoms with Crippen LogP contribution in [0.25, 0.3) is 0 Å². The van der Waals surface area contributed by atoms with Gasteiger partial charge in [-0.15, -0.1) is 0 Å². The van der Waals surface area contributed by atoms with Crippen LogP contribution in [0.5, 0.6) is 5.75 Å². The van der Waals surface area contributed by atoms with Crippen molar-refractivity contribution in [1.29, 1.82) is 0 Å². The lowest BCUT2D eigenvalue weighted by molar-refractivity contribution is 0.124. The lowest BCUT2D eigenvalue weighted by atomic mass is 10.2. The second-order valence-corrected chi connectivity index (χ2v) is 2.69. The van der Waals surface area contributed by atoms with E-state index in [1.807, 2.05) is 6.07 Å². The van der Waals surface area contributed by atoms with Gasteiger partial charge in [-0.2, -0.15) is 0 Å². The molecule has 0 aromatic heterocycles. The van der Waals surface area contributed by atoms with Gasteiger partial charge in [-0.05, 0) is 17.7 Å². The smallest absolute Gasteiger partial charge is 0.137 e. The van der Waals surface area contributed by atoms with Gasteiger partial charge in [0, 0.05) is 0 Å². The molecule has 0 aliphatic heterocycles. The zero-order valence-electron chi connectivity index (χ0n) is 6.71. The van der Waals surface area contributed by atoms with E-state index < -0.39 is 0 Å². The maximum absolute atomic E-state index is 5.80. The number of benzene rings is 1. The molecule has 0 bridgehead atoms. The average Bonchev–Trinajstić information content (AvgIpc) is 2.09. The molecule has 0 spiro atoms. The van der Waals surface area contributed by atoms with Crippen LogP contribution < -0.4 is 10.6 Å². The number of halogens is 1. The maximum Gasteiger partial charge on any atom is 0.137 e. The van der Waals surface area contributed by atoms with Crippen LogP contribution in [0, 0.1) is 0 Å². The van der Waals surface area contributed by atoms with E-state index in [0.717, 1.165) is 5.56 Å². The second kappa shape index (κ2) is 4.30.